The molecule has 2 aromatic rings. The molecule has 0 saturated carbocycles. The first-order valence-electron chi connectivity index (χ1n) is 8.93. The van der Waals surface area contributed by atoms with Crippen LogP contribution in [0, 0.1) is 6.92 Å². The second-order valence-corrected chi connectivity index (χ2v) is 7.14. The zero-order chi connectivity index (χ0) is 17.7. The van der Waals surface area contributed by atoms with Gasteiger partial charge in [-0.05, 0) is 56.6 Å². The summed E-state index contributed by atoms with van der Waals surface area (Å²) in [7, 11) is 2.11. The Bertz CT molecular complexity index is 678. The summed E-state index contributed by atoms with van der Waals surface area (Å²) < 4.78 is 0. The molecule has 0 atom stereocenters. The molecule has 1 aliphatic rings. The lowest BCUT2D eigenvalue weighted by molar-refractivity contribution is -0.0145. The molecule has 0 spiro atoms. The molecule has 134 valence electrons. The molecule has 1 fully saturated rings. The zero-order valence-electron chi connectivity index (χ0n) is 15.1. The smallest absolute Gasteiger partial charge is 0.0796 e. The fourth-order valence-electron chi connectivity index (χ4n) is 3.15. The van der Waals surface area contributed by atoms with Crippen LogP contribution in [0.4, 0.5) is 11.4 Å². The van der Waals surface area contributed by atoms with Gasteiger partial charge < -0.3 is 20.6 Å². The van der Waals surface area contributed by atoms with Crippen molar-refractivity contribution in [3.63, 3.8) is 0 Å². The normalized spacial score (nSPS) is 17.4. The topological polar surface area (TPSA) is 60.4 Å². The van der Waals surface area contributed by atoms with Crippen molar-refractivity contribution in [2.75, 3.05) is 32.0 Å². The molecular formula is C20H28N4O. The maximum absolute atomic E-state index is 10.6. The summed E-state index contributed by atoms with van der Waals surface area (Å²) in [6.07, 6.45) is 3.49. The number of hydrogen-bond acceptors (Lipinski definition) is 5. The molecule has 3 rings (SSSR count). The van der Waals surface area contributed by atoms with Crippen LogP contribution in [0.2, 0.25) is 0 Å². The molecule has 1 aromatic heterocycles. The molecule has 5 nitrogen and oxygen atoms in total. The van der Waals surface area contributed by atoms with E-state index in [-0.39, 0.29) is 0 Å². The quantitative estimate of drug-likeness (QED) is 0.755. The number of rotatable bonds is 6. The number of hydrogen-bond donors (Lipinski definition) is 3. The molecule has 1 aliphatic heterocycles. The van der Waals surface area contributed by atoms with Gasteiger partial charge in [-0.25, -0.2) is 0 Å². The highest BCUT2D eigenvalue weighted by molar-refractivity contribution is 5.59. The molecule has 3 N–H and O–H groups in total. The molecule has 5 heteroatoms. The van der Waals surface area contributed by atoms with Crippen molar-refractivity contribution in [1.29, 1.82) is 0 Å². The monoisotopic (exact) mass is 340 g/mol. The lowest BCUT2D eigenvalue weighted by Crippen LogP contribution is -2.48. The van der Waals surface area contributed by atoms with E-state index in [1.165, 1.54) is 5.56 Å². The van der Waals surface area contributed by atoms with E-state index in [0.717, 1.165) is 49.5 Å². The highest BCUT2D eigenvalue weighted by atomic mass is 16.3. The molecule has 0 amide bonds. The number of nitrogens with zero attached hydrogens (tertiary/aromatic N) is 2. The van der Waals surface area contributed by atoms with Crippen molar-refractivity contribution in [2.24, 2.45) is 0 Å². The van der Waals surface area contributed by atoms with Gasteiger partial charge in [-0.3, -0.25) is 4.98 Å². The van der Waals surface area contributed by atoms with Gasteiger partial charge in [0.1, 0.15) is 0 Å². The molecule has 0 bridgehead atoms. The van der Waals surface area contributed by atoms with Gasteiger partial charge >= 0.3 is 0 Å². The Hall–Kier alpha value is -1.95. The number of likely N-dealkylation sites (tertiary alicyclic amines) is 1. The number of benzene rings is 1. The molecule has 1 aromatic carbocycles. The van der Waals surface area contributed by atoms with Crippen LogP contribution >= 0.6 is 0 Å². The average Bonchev–Trinajstić information content (AvgIpc) is 2.60. The number of aromatic nitrogens is 1. The fourth-order valence-corrected chi connectivity index (χ4v) is 3.15. The van der Waals surface area contributed by atoms with Crippen LogP contribution in [0.3, 0.4) is 0 Å². The first-order valence-corrected chi connectivity index (χ1v) is 8.93. The molecule has 0 aliphatic carbocycles. The first-order chi connectivity index (χ1) is 12.0. The molecule has 0 unspecified atom stereocenters. The third-order valence-corrected chi connectivity index (χ3v) is 4.84. The van der Waals surface area contributed by atoms with E-state index >= 15 is 0 Å². The zero-order valence-corrected chi connectivity index (χ0v) is 15.1. The Kier molecular flexibility index (Phi) is 5.68. The van der Waals surface area contributed by atoms with Crippen LogP contribution in [-0.4, -0.2) is 47.3 Å². The van der Waals surface area contributed by atoms with Crippen molar-refractivity contribution < 1.29 is 5.11 Å². The number of anilines is 2. The van der Waals surface area contributed by atoms with E-state index in [1.54, 1.807) is 0 Å². The summed E-state index contributed by atoms with van der Waals surface area (Å²) in [5.41, 5.74) is 3.75. The Morgan fingerprint density at radius 3 is 2.52 bits per heavy atom. The molecule has 1 saturated heterocycles. The van der Waals surface area contributed by atoms with Gasteiger partial charge in [-0.1, -0.05) is 12.1 Å². The third kappa shape index (κ3) is 5.26. The summed E-state index contributed by atoms with van der Waals surface area (Å²) in [4.78, 5) is 6.47. The number of piperidine rings is 1. The highest BCUT2D eigenvalue weighted by Gasteiger charge is 2.30. The van der Waals surface area contributed by atoms with Crippen molar-refractivity contribution in [2.45, 2.75) is 31.9 Å². The maximum Gasteiger partial charge on any atom is 0.0796 e. The van der Waals surface area contributed by atoms with E-state index < -0.39 is 5.60 Å². The van der Waals surface area contributed by atoms with Crippen molar-refractivity contribution >= 4 is 11.4 Å². The van der Waals surface area contributed by atoms with E-state index in [4.69, 9.17) is 0 Å². The average molecular weight is 340 g/mol. The summed E-state index contributed by atoms with van der Waals surface area (Å²) in [6, 6.07) is 12.4. The van der Waals surface area contributed by atoms with E-state index in [0.29, 0.717) is 6.54 Å². The molecule has 0 radical (unpaired) electrons. The number of nitrogens with one attached hydrogen (secondary N) is 2. The molecule has 25 heavy (non-hydrogen) atoms. The lowest BCUT2D eigenvalue weighted by Gasteiger charge is -2.36. The highest BCUT2D eigenvalue weighted by Crippen LogP contribution is 2.21. The largest absolute Gasteiger partial charge is 0.388 e. The number of pyridine rings is 1. The number of aliphatic hydroxyl groups is 1. The Labute approximate surface area is 150 Å². The van der Waals surface area contributed by atoms with Gasteiger partial charge in [-0.2, -0.15) is 0 Å². The lowest BCUT2D eigenvalue weighted by atomic mass is 9.91. The SMILES string of the molecule is Cc1cc(Nc2ccc(CNCC3(O)CCN(C)CC3)cc2)ccn1. The van der Waals surface area contributed by atoms with Crippen LogP contribution in [0.1, 0.15) is 24.1 Å². The standard InChI is InChI=1S/C20H28N4O/c1-16-13-19(7-10-22-16)23-18-5-3-17(4-6-18)14-21-15-20(25)8-11-24(2)12-9-20/h3-7,10,13,21,25H,8-9,11-12,14-15H2,1-2H3,(H,22,23). The Balaban J connectivity index is 1.48. The van der Waals surface area contributed by atoms with Crippen molar-refractivity contribution in [3.8, 4) is 0 Å². The minimum absolute atomic E-state index is 0.562. The summed E-state index contributed by atoms with van der Waals surface area (Å²) in [5, 5.41) is 17.4. The maximum atomic E-state index is 10.6. The minimum atomic E-state index is -0.562. The third-order valence-electron chi connectivity index (χ3n) is 4.84. The Morgan fingerprint density at radius 1 is 1.12 bits per heavy atom. The predicted molar refractivity (Wildman–Crippen MR) is 102 cm³/mol. The van der Waals surface area contributed by atoms with Crippen molar-refractivity contribution in [1.82, 2.24) is 15.2 Å². The predicted octanol–water partition coefficient (Wildman–Crippen LogP) is 2.68. The number of aryl methyl sites for hydroxylation is 1. The van der Waals surface area contributed by atoms with Crippen LogP contribution in [0.15, 0.2) is 42.6 Å². The molecular weight excluding hydrogens is 312 g/mol. The van der Waals surface area contributed by atoms with Crippen LogP contribution in [0.5, 0.6) is 0 Å². The van der Waals surface area contributed by atoms with Crippen LogP contribution in [-0.2, 0) is 6.54 Å². The van der Waals surface area contributed by atoms with Gasteiger partial charge in [-0.15, -0.1) is 0 Å². The Morgan fingerprint density at radius 2 is 1.84 bits per heavy atom. The van der Waals surface area contributed by atoms with Gasteiger partial charge in [0, 0.05) is 49.4 Å². The van der Waals surface area contributed by atoms with Crippen LogP contribution in [0.25, 0.3) is 0 Å². The van der Waals surface area contributed by atoms with E-state index in [2.05, 4.69) is 51.8 Å². The van der Waals surface area contributed by atoms with Crippen LogP contribution < -0.4 is 10.6 Å². The van der Waals surface area contributed by atoms with E-state index in [1.807, 2.05) is 25.3 Å². The summed E-state index contributed by atoms with van der Waals surface area (Å²) in [5.74, 6) is 0. The van der Waals surface area contributed by atoms with E-state index in [9.17, 15) is 5.11 Å². The van der Waals surface area contributed by atoms with Gasteiger partial charge in [0.15, 0.2) is 0 Å². The van der Waals surface area contributed by atoms with Gasteiger partial charge in [0.25, 0.3) is 0 Å². The van der Waals surface area contributed by atoms with Crippen molar-refractivity contribution in [3.05, 3.63) is 53.9 Å². The second-order valence-electron chi connectivity index (χ2n) is 7.14. The first kappa shape index (κ1) is 17.9. The minimum Gasteiger partial charge on any atom is -0.388 e. The molecule has 2 heterocycles. The van der Waals surface area contributed by atoms with Gasteiger partial charge in [0.05, 0.1) is 5.60 Å². The summed E-state index contributed by atoms with van der Waals surface area (Å²) >= 11 is 0. The second kappa shape index (κ2) is 7.95. The van der Waals surface area contributed by atoms with Gasteiger partial charge in [0.2, 0.25) is 0 Å². The fraction of sp³-hybridized carbons (Fsp3) is 0.450. The summed E-state index contributed by atoms with van der Waals surface area (Å²) in [6.45, 7) is 5.34.